The Balaban J connectivity index is 1.50. The Labute approximate surface area is 151 Å². The molecule has 0 aliphatic carbocycles. The Kier molecular flexibility index (Phi) is 5.64. The van der Waals surface area contributed by atoms with Gasteiger partial charge < -0.3 is 15.1 Å². The fourth-order valence-corrected chi connectivity index (χ4v) is 2.99. The lowest BCUT2D eigenvalue weighted by Gasteiger charge is -2.36. The van der Waals surface area contributed by atoms with Gasteiger partial charge in [-0.15, -0.1) is 0 Å². The summed E-state index contributed by atoms with van der Waals surface area (Å²) in [5, 5.41) is 12.1. The molecule has 2 aromatic rings. The van der Waals surface area contributed by atoms with Crippen LogP contribution in [0.1, 0.15) is 11.3 Å². The summed E-state index contributed by atoms with van der Waals surface area (Å²) in [7, 11) is 0. The Morgan fingerprint density at radius 2 is 2.00 bits per heavy atom. The molecule has 1 aromatic heterocycles. The number of benzene rings is 1. The van der Waals surface area contributed by atoms with Gasteiger partial charge in [0.25, 0.3) is 0 Å². The van der Waals surface area contributed by atoms with Gasteiger partial charge in [0.05, 0.1) is 5.69 Å². The van der Waals surface area contributed by atoms with Crippen LogP contribution in [-0.4, -0.2) is 48.6 Å². The zero-order valence-electron chi connectivity index (χ0n) is 14.4. The molecular weight excluding hydrogens is 333 g/mol. The SMILES string of the molecule is N#Cc1c(F)cccc1N1CCN(C(=O)NCCc2ccccn2)CC1. The summed E-state index contributed by atoms with van der Waals surface area (Å²) in [6.07, 6.45) is 2.42. The number of carbonyl (C=O) groups excluding carboxylic acids is 1. The topological polar surface area (TPSA) is 72.3 Å². The fraction of sp³-hybridized carbons (Fsp3) is 0.316. The highest BCUT2D eigenvalue weighted by molar-refractivity contribution is 5.74. The van der Waals surface area contributed by atoms with Crippen LogP contribution in [0, 0.1) is 17.1 Å². The van der Waals surface area contributed by atoms with E-state index in [-0.39, 0.29) is 11.6 Å². The summed E-state index contributed by atoms with van der Waals surface area (Å²) in [5.74, 6) is -0.514. The average Bonchev–Trinajstić information content (AvgIpc) is 2.68. The molecule has 2 heterocycles. The molecule has 26 heavy (non-hydrogen) atoms. The normalized spacial score (nSPS) is 14.0. The van der Waals surface area contributed by atoms with Crippen molar-refractivity contribution in [3.63, 3.8) is 0 Å². The highest BCUT2D eigenvalue weighted by Gasteiger charge is 2.23. The number of nitrogens with zero attached hydrogens (tertiary/aromatic N) is 4. The van der Waals surface area contributed by atoms with Crippen molar-refractivity contribution in [3.8, 4) is 6.07 Å². The van der Waals surface area contributed by atoms with Crippen molar-refractivity contribution < 1.29 is 9.18 Å². The van der Waals surface area contributed by atoms with Gasteiger partial charge in [0.15, 0.2) is 0 Å². The quantitative estimate of drug-likeness (QED) is 0.914. The van der Waals surface area contributed by atoms with E-state index in [2.05, 4.69) is 10.3 Å². The third-order valence-corrected chi connectivity index (χ3v) is 4.39. The van der Waals surface area contributed by atoms with E-state index in [1.165, 1.54) is 6.07 Å². The first-order valence-corrected chi connectivity index (χ1v) is 8.55. The molecular formula is C19H20FN5O. The Morgan fingerprint density at radius 1 is 1.19 bits per heavy atom. The first-order valence-electron chi connectivity index (χ1n) is 8.55. The maximum atomic E-state index is 13.8. The fourth-order valence-electron chi connectivity index (χ4n) is 2.99. The monoisotopic (exact) mass is 353 g/mol. The number of amides is 2. The predicted molar refractivity (Wildman–Crippen MR) is 96.2 cm³/mol. The highest BCUT2D eigenvalue weighted by Crippen LogP contribution is 2.23. The van der Waals surface area contributed by atoms with Crippen LogP contribution in [0.4, 0.5) is 14.9 Å². The summed E-state index contributed by atoms with van der Waals surface area (Å²) in [6.45, 7) is 2.70. The molecule has 0 bridgehead atoms. The summed E-state index contributed by atoms with van der Waals surface area (Å²) in [6, 6.07) is 12.1. The van der Waals surface area contributed by atoms with Crippen molar-refractivity contribution in [1.29, 1.82) is 5.26 Å². The molecule has 1 aliphatic rings. The molecule has 3 rings (SSSR count). The molecule has 7 heteroatoms. The second-order valence-corrected chi connectivity index (χ2v) is 6.02. The third kappa shape index (κ3) is 4.09. The van der Waals surface area contributed by atoms with Gasteiger partial charge in [-0.1, -0.05) is 12.1 Å². The van der Waals surface area contributed by atoms with Gasteiger partial charge in [-0.25, -0.2) is 9.18 Å². The van der Waals surface area contributed by atoms with Crippen LogP contribution >= 0.6 is 0 Å². The van der Waals surface area contributed by atoms with E-state index < -0.39 is 5.82 Å². The molecule has 6 nitrogen and oxygen atoms in total. The Hall–Kier alpha value is -3.14. The van der Waals surface area contributed by atoms with Crippen molar-refractivity contribution in [1.82, 2.24) is 15.2 Å². The van der Waals surface area contributed by atoms with E-state index in [4.69, 9.17) is 5.26 Å². The van der Waals surface area contributed by atoms with Gasteiger partial charge >= 0.3 is 6.03 Å². The van der Waals surface area contributed by atoms with Gasteiger partial charge in [-0.3, -0.25) is 4.98 Å². The minimum Gasteiger partial charge on any atom is -0.367 e. The first kappa shape index (κ1) is 17.7. The van der Waals surface area contributed by atoms with Crippen LogP contribution in [0.5, 0.6) is 0 Å². The Morgan fingerprint density at radius 3 is 2.69 bits per heavy atom. The van der Waals surface area contributed by atoms with E-state index in [0.717, 1.165) is 5.69 Å². The molecule has 0 spiro atoms. The number of urea groups is 1. The first-order chi connectivity index (χ1) is 12.7. The highest BCUT2D eigenvalue weighted by atomic mass is 19.1. The lowest BCUT2D eigenvalue weighted by Crippen LogP contribution is -2.52. The number of halogens is 1. The predicted octanol–water partition coefficient (Wildman–Crippen LogP) is 2.17. The molecule has 134 valence electrons. The van der Waals surface area contributed by atoms with Gasteiger partial charge in [-0.05, 0) is 24.3 Å². The molecule has 1 aliphatic heterocycles. The molecule has 1 N–H and O–H groups in total. The van der Waals surface area contributed by atoms with Crippen molar-refractivity contribution in [2.24, 2.45) is 0 Å². The second kappa shape index (κ2) is 8.30. The minimum atomic E-state index is -0.514. The smallest absolute Gasteiger partial charge is 0.317 e. The number of anilines is 1. The number of aromatic nitrogens is 1. The molecule has 0 atom stereocenters. The molecule has 1 saturated heterocycles. The van der Waals surface area contributed by atoms with E-state index in [0.29, 0.717) is 44.8 Å². The summed E-state index contributed by atoms with van der Waals surface area (Å²) < 4.78 is 13.8. The van der Waals surface area contributed by atoms with Crippen molar-refractivity contribution in [2.45, 2.75) is 6.42 Å². The van der Waals surface area contributed by atoms with Gasteiger partial charge in [0.2, 0.25) is 0 Å². The number of carbonyl (C=O) groups is 1. The van der Waals surface area contributed by atoms with Crippen LogP contribution < -0.4 is 10.2 Å². The van der Waals surface area contributed by atoms with Crippen LogP contribution in [0.15, 0.2) is 42.6 Å². The van der Waals surface area contributed by atoms with Gasteiger partial charge in [0.1, 0.15) is 17.4 Å². The van der Waals surface area contributed by atoms with Crippen LogP contribution in [0.2, 0.25) is 0 Å². The van der Waals surface area contributed by atoms with Crippen LogP contribution in [0.3, 0.4) is 0 Å². The number of hydrogen-bond donors (Lipinski definition) is 1. The van der Waals surface area contributed by atoms with Crippen molar-refractivity contribution >= 4 is 11.7 Å². The molecule has 0 saturated carbocycles. The molecule has 1 fully saturated rings. The minimum absolute atomic E-state index is 0.0563. The summed E-state index contributed by atoms with van der Waals surface area (Å²) >= 11 is 0. The standard InChI is InChI=1S/C19H20FN5O/c20-17-5-3-6-18(16(17)14-21)24-10-12-25(13-11-24)19(26)23-9-7-15-4-1-2-8-22-15/h1-6,8H,7,9-13H2,(H,23,26). The molecule has 0 unspecified atom stereocenters. The van der Waals surface area contributed by atoms with E-state index in [1.54, 1.807) is 23.2 Å². The Bertz CT molecular complexity index is 797. The number of rotatable bonds is 4. The average molecular weight is 353 g/mol. The number of nitriles is 1. The number of piperazine rings is 1. The molecule has 0 radical (unpaired) electrons. The van der Waals surface area contributed by atoms with E-state index >= 15 is 0 Å². The zero-order chi connectivity index (χ0) is 18.4. The van der Waals surface area contributed by atoms with E-state index in [1.807, 2.05) is 29.2 Å². The third-order valence-electron chi connectivity index (χ3n) is 4.39. The lowest BCUT2D eigenvalue weighted by molar-refractivity contribution is 0.194. The lowest BCUT2D eigenvalue weighted by atomic mass is 10.1. The summed E-state index contributed by atoms with van der Waals surface area (Å²) in [4.78, 5) is 20.2. The largest absolute Gasteiger partial charge is 0.367 e. The van der Waals surface area contributed by atoms with Crippen LogP contribution in [-0.2, 0) is 6.42 Å². The molecule has 2 amide bonds. The van der Waals surface area contributed by atoms with E-state index in [9.17, 15) is 9.18 Å². The van der Waals surface area contributed by atoms with Gasteiger partial charge in [-0.2, -0.15) is 5.26 Å². The zero-order valence-corrected chi connectivity index (χ0v) is 14.4. The number of hydrogen-bond acceptors (Lipinski definition) is 4. The van der Waals surface area contributed by atoms with Gasteiger partial charge in [0, 0.05) is 51.0 Å². The number of nitrogens with one attached hydrogen (secondary N) is 1. The van der Waals surface area contributed by atoms with Crippen molar-refractivity contribution in [3.05, 3.63) is 59.7 Å². The molecule has 1 aromatic carbocycles. The number of pyridine rings is 1. The van der Waals surface area contributed by atoms with Crippen LogP contribution in [0.25, 0.3) is 0 Å². The second-order valence-electron chi connectivity index (χ2n) is 6.02. The maximum Gasteiger partial charge on any atom is 0.317 e. The summed E-state index contributed by atoms with van der Waals surface area (Å²) in [5.41, 5.74) is 1.58. The maximum absolute atomic E-state index is 13.8. The van der Waals surface area contributed by atoms with Crippen molar-refractivity contribution in [2.75, 3.05) is 37.6 Å².